The van der Waals surface area contributed by atoms with E-state index in [2.05, 4.69) is 0 Å². The van der Waals surface area contributed by atoms with Gasteiger partial charge in [0, 0.05) is 7.05 Å². The van der Waals surface area contributed by atoms with E-state index < -0.39 is 11.9 Å². The van der Waals surface area contributed by atoms with Gasteiger partial charge < -0.3 is 9.32 Å². The summed E-state index contributed by atoms with van der Waals surface area (Å²) in [4.78, 5) is 26.9. The Hall–Kier alpha value is -2.95. The molecule has 5 heteroatoms. The van der Waals surface area contributed by atoms with Crippen molar-refractivity contribution in [2.24, 2.45) is 0 Å². The fraction of sp³-hybridized carbons (Fsp3) is 0.158. The molecule has 2 heterocycles. The van der Waals surface area contributed by atoms with Gasteiger partial charge in [-0.05, 0) is 36.8 Å². The van der Waals surface area contributed by atoms with Crippen LogP contribution in [0.3, 0.4) is 0 Å². The van der Waals surface area contributed by atoms with Crippen molar-refractivity contribution in [3.8, 4) is 0 Å². The summed E-state index contributed by atoms with van der Waals surface area (Å²) in [6, 6.07) is 10.5. The molecule has 0 bridgehead atoms. The van der Waals surface area contributed by atoms with Gasteiger partial charge in [0.25, 0.3) is 5.91 Å². The maximum absolute atomic E-state index is 13.6. The van der Waals surface area contributed by atoms with Gasteiger partial charge in [-0.1, -0.05) is 23.8 Å². The molecule has 0 saturated carbocycles. The maximum Gasteiger partial charge on any atom is 0.290 e. The Bertz CT molecular complexity index is 1050. The van der Waals surface area contributed by atoms with Gasteiger partial charge in [-0.2, -0.15) is 0 Å². The monoisotopic (exact) mass is 323 g/mol. The number of hydrogen-bond donors (Lipinski definition) is 0. The van der Waals surface area contributed by atoms with E-state index in [1.54, 1.807) is 31.3 Å². The summed E-state index contributed by atoms with van der Waals surface area (Å²) in [5.41, 5.74) is 1.87. The molecule has 0 aliphatic carbocycles. The first-order valence-corrected chi connectivity index (χ1v) is 7.57. The molecule has 0 unspecified atom stereocenters. The zero-order chi connectivity index (χ0) is 17.0. The van der Waals surface area contributed by atoms with Crippen LogP contribution in [0.2, 0.25) is 0 Å². The predicted molar refractivity (Wildman–Crippen MR) is 87.6 cm³/mol. The SMILES string of the molecule is Cc1ccc2oc3c(c(=O)c2c1)[C@@H](c1cccc(F)c1)N(C)C3=O. The van der Waals surface area contributed by atoms with Crippen molar-refractivity contribution in [2.75, 3.05) is 7.05 Å². The van der Waals surface area contributed by atoms with Crippen molar-refractivity contribution in [1.82, 2.24) is 4.90 Å². The summed E-state index contributed by atoms with van der Waals surface area (Å²) < 4.78 is 19.3. The highest BCUT2D eigenvalue weighted by molar-refractivity contribution is 5.98. The Labute approximate surface area is 137 Å². The van der Waals surface area contributed by atoms with Gasteiger partial charge >= 0.3 is 0 Å². The summed E-state index contributed by atoms with van der Waals surface area (Å²) in [5, 5.41) is 0.429. The van der Waals surface area contributed by atoms with Crippen LogP contribution in [0.5, 0.6) is 0 Å². The number of nitrogens with zero attached hydrogens (tertiary/aromatic N) is 1. The van der Waals surface area contributed by atoms with Crippen LogP contribution in [0.25, 0.3) is 11.0 Å². The second-order valence-corrected chi connectivity index (χ2v) is 6.05. The second-order valence-electron chi connectivity index (χ2n) is 6.05. The van der Waals surface area contributed by atoms with Crippen LogP contribution in [-0.2, 0) is 0 Å². The molecule has 120 valence electrons. The molecular weight excluding hydrogens is 309 g/mol. The Balaban J connectivity index is 2.05. The lowest BCUT2D eigenvalue weighted by atomic mass is 9.98. The number of halogens is 1. The summed E-state index contributed by atoms with van der Waals surface area (Å²) in [7, 11) is 1.59. The average molecular weight is 323 g/mol. The molecule has 24 heavy (non-hydrogen) atoms. The quantitative estimate of drug-likeness (QED) is 0.689. The Morgan fingerprint density at radius 1 is 1.12 bits per heavy atom. The van der Waals surface area contributed by atoms with Gasteiger partial charge in [0.2, 0.25) is 5.76 Å². The normalized spacial score (nSPS) is 16.7. The highest BCUT2D eigenvalue weighted by Crippen LogP contribution is 2.37. The van der Waals surface area contributed by atoms with Crippen LogP contribution in [0, 0.1) is 12.7 Å². The number of hydrogen-bond acceptors (Lipinski definition) is 3. The summed E-state index contributed by atoms with van der Waals surface area (Å²) in [6.07, 6.45) is 0. The van der Waals surface area contributed by atoms with Gasteiger partial charge in [-0.3, -0.25) is 9.59 Å². The topological polar surface area (TPSA) is 50.5 Å². The van der Waals surface area contributed by atoms with Crippen molar-refractivity contribution in [3.63, 3.8) is 0 Å². The lowest BCUT2D eigenvalue weighted by molar-refractivity contribution is 0.0771. The molecule has 0 saturated heterocycles. The van der Waals surface area contributed by atoms with Crippen LogP contribution in [0.15, 0.2) is 51.7 Å². The Morgan fingerprint density at radius 2 is 1.92 bits per heavy atom. The van der Waals surface area contributed by atoms with E-state index in [4.69, 9.17) is 4.42 Å². The van der Waals surface area contributed by atoms with Crippen molar-refractivity contribution in [3.05, 3.63) is 81.0 Å². The summed E-state index contributed by atoms with van der Waals surface area (Å²) in [5.74, 6) is -0.755. The second kappa shape index (κ2) is 5.03. The lowest BCUT2D eigenvalue weighted by Crippen LogP contribution is -2.25. The molecule has 4 nitrogen and oxygen atoms in total. The molecule has 0 radical (unpaired) electrons. The Kier molecular flexibility index (Phi) is 3.06. The minimum Gasteiger partial charge on any atom is -0.450 e. The smallest absolute Gasteiger partial charge is 0.290 e. The van der Waals surface area contributed by atoms with Crippen LogP contribution in [0.1, 0.15) is 33.3 Å². The van der Waals surface area contributed by atoms with E-state index >= 15 is 0 Å². The standard InChI is InChI=1S/C19H14FNO3/c1-10-6-7-14-13(8-10)17(22)15-16(11-4-3-5-12(20)9-11)21(2)19(23)18(15)24-14/h3-9,16H,1-2H3/t16-/m1/s1. The number of aryl methyl sites for hydroxylation is 1. The summed E-state index contributed by atoms with van der Waals surface area (Å²) >= 11 is 0. The zero-order valence-corrected chi connectivity index (χ0v) is 13.2. The minimum absolute atomic E-state index is 0.0353. The fourth-order valence-corrected chi connectivity index (χ4v) is 3.27. The molecule has 1 aliphatic rings. The highest BCUT2D eigenvalue weighted by Gasteiger charge is 2.40. The maximum atomic E-state index is 13.6. The first-order chi connectivity index (χ1) is 11.5. The number of carbonyl (C=O) groups is 1. The number of fused-ring (bicyclic) bond motifs is 2. The van der Waals surface area contributed by atoms with Crippen molar-refractivity contribution >= 4 is 16.9 Å². The lowest BCUT2D eigenvalue weighted by Gasteiger charge is -2.20. The third-order valence-corrected chi connectivity index (χ3v) is 4.42. The molecule has 0 spiro atoms. The summed E-state index contributed by atoms with van der Waals surface area (Å²) in [6.45, 7) is 1.88. The molecule has 1 aromatic heterocycles. The van der Waals surface area contributed by atoms with Gasteiger partial charge in [-0.25, -0.2) is 4.39 Å². The first kappa shape index (κ1) is 14.6. The van der Waals surface area contributed by atoms with Gasteiger partial charge in [0.05, 0.1) is 17.0 Å². The van der Waals surface area contributed by atoms with Crippen LogP contribution in [-0.4, -0.2) is 17.9 Å². The average Bonchev–Trinajstić information content (AvgIpc) is 2.81. The van der Waals surface area contributed by atoms with Crippen LogP contribution >= 0.6 is 0 Å². The first-order valence-electron chi connectivity index (χ1n) is 7.57. The van der Waals surface area contributed by atoms with Crippen LogP contribution in [0.4, 0.5) is 4.39 Å². The molecule has 1 aliphatic heterocycles. The van der Waals surface area contributed by atoms with E-state index in [1.807, 2.05) is 13.0 Å². The minimum atomic E-state index is -0.649. The number of benzene rings is 2. The molecule has 1 atom stereocenters. The van der Waals surface area contributed by atoms with Crippen LogP contribution < -0.4 is 5.43 Å². The van der Waals surface area contributed by atoms with E-state index in [1.165, 1.54) is 17.0 Å². The third kappa shape index (κ3) is 1.98. The number of rotatable bonds is 1. The van der Waals surface area contributed by atoms with Crippen molar-refractivity contribution in [1.29, 1.82) is 0 Å². The van der Waals surface area contributed by atoms with Gasteiger partial charge in [0.1, 0.15) is 11.4 Å². The van der Waals surface area contributed by atoms with E-state index in [0.717, 1.165) is 5.56 Å². The molecule has 4 rings (SSSR count). The van der Waals surface area contributed by atoms with Gasteiger partial charge in [-0.15, -0.1) is 0 Å². The number of carbonyl (C=O) groups excluding carboxylic acids is 1. The Morgan fingerprint density at radius 3 is 2.67 bits per heavy atom. The van der Waals surface area contributed by atoms with E-state index in [-0.39, 0.29) is 22.7 Å². The number of amides is 1. The predicted octanol–water partition coefficient (Wildman–Crippen LogP) is 3.42. The fourth-order valence-electron chi connectivity index (χ4n) is 3.27. The molecule has 0 N–H and O–H groups in total. The molecule has 3 aromatic rings. The van der Waals surface area contributed by atoms with Crippen molar-refractivity contribution < 1.29 is 13.6 Å². The molecular formula is C19H14FNO3. The molecule has 1 amide bonds. The zero-order valence-electron chi connectivity index (χ0n) is 13.2. The van der Waals surface area contributed by atoms with Gasteiger partial charge in [0.15, 0.2) is 5.43 Å². The van der Waals surface area contributed by atoms with E-state index in [0.29, 0.717) is 16.5 Å². The highest BCUT2D eigenvalue weighted by atomic mass is 19.1. The van der Waals surface area contributed by atoms with E-state index in [9.17, 15) is 14.0 Å². The molecule has 0 fully saturated rings. The van der Waals surface area contributed by atoms with Crippen molar-refractivity contribution in [2.45, 2.75) is 13.0 Å². The third-order valence-electron chi connectivity index (χ3n) is 4.42. The largest absolute Gasteiger partial charge is 0.450 e. The molecule has 2 aromatic carbocycles.